The lowest BCUT2D eigenvalue weighted by Gasteiger charge is -2.19. The number of nitrogens with one attached hydrogen (secondary N) is 2. The summed E-state index contributed by atoms with van der Waals surface area (Å²) in [4.78, 5) is 11.9. The van der Waals surface area contributed by atoms with Gasteiger partial charge in [-0.3, -0.25) is 0 Å². The van der Waals surface area contributed by atoms with Crippen LogP contribution in [0.5, 0.6) is 5.75 Å². The summed E-state index contributed by atoms with van der Waals surface area (Å²) in [5.41, 5.74) is 0.511. The molecule has 2 amide bonds. The quantitative estimate of drug-likeness (QED) is 0.873. The number of sulfone groups is 1. The SMILES string of the molecule is COc1ccc(F)cc1[C@H](C)NC(=O)N[C@H]1CCS(=O)(=O)C1. The van der Waals surface area contributed by atoms with E-state index in [9.17, 15) is 17.6 Å². The second-order valence-corrected chi connectivity index (χ2v) is 7.55. The molecule has 2 N–H and O–H groups in total. The fourth-order valence-electron chi connectivity index (χ4n) is 2.45. The highest BCUT2D eigenvalue weighted by molar-refractivity contribution is 7.91. The smallest absolute Gasteiger partial charge is 0.315 e. The van der Waals surface area contributed by atoms with Gasteiger partial charge in [-0.25, -0.2) is 17.6 Å². The van der Waals surface area contributed by atoms with Crippen LogP contribution in [-0.4, -0.2) is 39.1 Å². The Balaban J connectivity index is 1.98. The van der Waals surface area contributed by atoms with Crippen LogP contribution in [0, 0.1) is 5.82 Å². The summed E-state index contributed by atoms with van der Waals surface area (Å²) in [5, 5.41) is 5.28. The first-order valence-electron chi connectivity index (χ1n) is 6.91. The normalized spacial score (nSPS) is 21.1. The third-order valence-corrected chi connectivity index (χ3v) is 5.34. The molecule has 0 aliphatic carbocycles. The molecular weight excluding hydrogens is 311 g/mol. The van der Waals surface area contributed by atoms with Crippen LogP contribution in [0.2, 0.25) is 0 Å². The van der Waals surface area contributed by atoms with Crippen molar-refractivity contribution < 1.29 is 22.3 Å². The van der Waals surface area contributed by atoms with E-state index in [1.807, 2.05) is 0 Å². The van der Waals surface area contributed by atoms with Crippen molar-refractivity contribution in [2.24, 2.45) is 0 Å². The van der Waals surface area contributed by atoms with E-state index in [0.29, 0.717) is 17.7 Å². The van der Waals surface area contributed by atoms with Crippen LogP contribution in [0.1, 0.15) is 24.9 Å². The number of urea groups is 1. The van der Waals surface area contributed by atoms with Crippen molar-refractivity contribution in [3.63, 3.8) is 0 Å². The lowest BCUT2D eigenvalue weighted by Crippen LogP contribution is -2.43. The molecule has 1 aromatic carbocycles. The number of methoxy groups -OCH3 is 1. The van der Waals surface area contributed by atoms with Crippen molar-refractivity contribution in [2.45, 2.75) is 25.4 Å². The molecule has 0 radical (unpaired) electrons. The Morgan fingerprint density at radius 3 is 2.77 bits per heavy atom. The molecule has 1 aliphatic rings. The van der Waals surface area contributed by atoms with Gasteiger partial charge < -0.3 is 15.4 Å². The number of carbonyl (C=O) groups excluding carboxylic acids is 1. The van der Waals surface area contributed by atoms with Crippen molar-refractivity contribution in [2.75, 3.05) is 18.6 Å². The second-order valence-electron chi connectivity index (χ2n) is 5.33. The van der Waals surface area contributed by atoms with E-state index in [0.717, 1.165) is 0 Å². The Kier molecular flexibility index (Phi) is 4.90. The number of benzene rings is 1. The zero-order valence-corrected chi connectivity index (χ0v) is 13.2. The maximum atomic E-state index is 13.3. The molecule has 2 rings (SSSR count). The zero-order valence-electron chi connectivity index (χ0n) is 12.4. The molecule has 1 aliphatic heterocycles. The van der Waals surface area contributed by atoms with Gasteiger partial charge in [0.15, 0.2) is 9.84 Å². The van der Waals surface area contributed by atoms with Gasteiger partial charge in [-0.15, -0.1) is 0 Å². The van der Waals surface area contributed by atoms with Gasteiger partial charge in [0.2, 0.25) is 0 Å². The summed E-state index contributed by atoms with van der Waals surface area (Å²) in [6.45, 7) is 1.70. The number of ether oxygens (including phenoxy) is 1. The molecule has 0 bridgehead atoms. The van der Waals surface area contributed by atoms with Crippen LogP contribution in [0.15, 0.2) is 18.2 Å². The van der Waals surface area contributed by atoms with Gasteiger partial charge in [0.1, 0.15) is 11.6 Å². The largest absolute Gasteiger partial charge is 0.496 e. The van der Waals surface area contributed by atoms with Gasteiger partial charge in [-0.1, -0.05) is 0 Å². The fourth-order valence-corrected chi connectivity index (χ4v) is 4.13. The lowest BCUT2D eigenvalue weighted by atomic mass is 10.1. The van der Waals surface area contributed by atoms with Crippen LogP contribution in [0.3, 0.4) is 0 Å². The van der Waals surface area contributed by atoms with E-state index in [1.54, 1.807) is 6.92 Å². The number of hydrogen-bond donors (Lipinski definition) is 2. The Bertz CT molecular complexity index is 663. The van der Waals surface area contributed by atoms with Gasteiger partial charge in [0.05, 0.1) is 24.7 Å². The van der Waals surface area contributed by atoms with E-state index in [2.05, 4.69) is 10.6 Å². The number of hydrogen-bond acceptors (Lipinski definition) is 4. The number of amides is 2. The highest BCUT2D eigenvalue weighted by Crippen LogP contribution is 2.25. The van der Waals surface area contributed by atoms with E-state index in [-0.39, 0.29) is 17.5 Å². The molecule has 0 saturated carbocycles. The minimum atomic E-state index is -3.05. The van der Waals surface area contributed by atoms with Crippen molar-refractivity contribution in [3.05, 3.63) is 29.6 Å². The van der Waals surface area contributed by atoms with Crippen molar-refractivity contribution in [1.82, 2.24) is 10.6 Å². The summed E-state index contributed by atoms with van der Waals surface area (Å²) in [7, 11) is -1.58. The molecule has 122 valence electrons. The maximum absolute atomic E-state index is 13.3. The van der Waals surface area contributed by atoms with Crippen LogP contribution in [0.4, 0.5) is 9.18 Å². The molecule has 2 atom stereocenters. The Morgan fingerprint density at radius 2 is 2.18 bits per heavy atom. The first-order valence-corrected chi connectivity index (χ1v) is 8.74. The summed E-state index contributed by atoms with van der Waals surface area (Å²) in [5.74, 6) is 0.0907. The van der Waals surface area contributed by atoms with Crippen molar-refractivity contribution in [3.8, 4) is 5.75 Å². The molecule has 8 heteroatoms. The average molecular weight is 330 g/mol. The van der Waals surface area contributed by atoms with Gasteiger partial charge in [0, 0.05) is 11.6 Å². The first kappa shape index (κ1) is 16.5. The average Bonchev–Trinajstić information content (AvgIpc) is 2.77. The molecule has 0 unspecified atom stereocenters. The topological polar surface area (TPSA) is 84.5 Å². The van der Waals surface area contributed by atoms with Crippen LogP contribution < -0.4 is 15.4 Å². The predicted octanol–water partition coefficient (Wildman–Crippen LogP) is 1.38. The molecular formula is C14H19FN2O4S. The number of rotatable bonds is 4. The molecule has 6 nitrogen and oxygen atoms in total. The van der Waals surface area contributed by atoms with Crippen LogP contribution in [0.25, 0.3) is 0 Å². The summed E-state index contributed by atoms with van der Waals surface area (Å²) in [6, 6.07) is 2.71. The zero-order chi connectivity index (χ0) is 16.3. The van der Waals surface area contributed by atoms with Gasteiger partial charge in [0.25, 0.3) is 0 Å². The predicted molar refractivity (Wildman–Crippen MR) is 80.1 cm³/mol. The third kappa shape index (κ3) is 4.09. The molecule has 1 saturated heterocycles. The minimum absolute atomic E-state index is 0.0436. The molecule has 1 fully saturated rings. The van der Waals surface area contributed by atoms with E-state index < -0.39 is 27.7 Å². The number of carbonyl (C=O) groups is 1. The maximum Gasteiger partial charge on any atom is 0.315 e. The highest BCUT2D eigenvalue weighted by Gasteiger charge is 2.29. The first-order chi connectivity index (χ1) is 10.3. The third-order valence-electron chi connectivity index (χ3n) is 3.57. The molecule has 0 spiro atoms. The standard InChI is InChI=1S/C14H19FN2O4S/c1-9(12-7-10(15)3-4-13(12)21-2)16-14(18)17-11-5-6-22(19,20)8-11/h3-4,7,9,11H,5-6,8H2,1-2H3,(H2,16,17,18)/t9-,11-/m0/s1. The Labute approximate surface area is 129 Å². The number of halogens is 1. The minimum Gasteiger partial charge on any atom is -0.496 e. The van der Waals surface area contributed by atoms with Crippen molar-refractivity contribution >= 4 is 15.9 Å². The fraction of sp³-hybridized carbons (Fsp3) is 0.500. The van der Waals surface area contributed by atoms with Gasteiger partial charge in [-0.05, 0) is 31.5 Å². The lowest BCUT2D eigenvalue weighted by molar-refractivity contribution is 0.234. The van der Waals surface area contributed by atoms with Crippen LogP contribution >= 0.6 is 0 Å². The van der Waals surface area contributed by atoms with E-state index >= 15 is 0 Å². The molecule has 1 aromatic rings. The monoisotopic (exact) mass is 330 g/mol. The van der Waals surface area contributed by atoms with E-state index in [4.69, 9.17) is 4.74 Å². The van der Waals surface area contributed by atoms with Gasteiger partial charge >= 0.3 is 6.03 Å². The molecule has 1 heterocycles. The van der Waals surface area contributed by atoms with E-state index in [1.165, 1.54) is 25.3 Å². The summed E-state index contributed by atoms with van der Waals surface area (Å²) < 4.78 is 41.2. The molecule has 0 aromatic heterocycles. The van der Waals surface area contributed by atoms with Crippen molar-refractivity contribution in [1.29, 1.82) is 0 Å². The summed E-state index contributed by atoms with van der Waals surface area (Å²) in [6.07, 6.45) is 0.410. The molecule has 22 heavy (non-hydrogen) atoms. The van der Waals surface area contributed by atoms with Gasteiger partial charge in [-0.2, -0.15) is 0 Å². The Morgan fingerprint density at radius 1 is 1.45 bits per heavy atom. The van der Waals surface area contributed by atoms with Crippen LogP contribution in [-0.2, 0) is 9.84 Å². The summed E-state index contributed by atoms with van der Waals surface area (Å²) >= 11 is 0. The highest BCUT2D eigenvalue weighted by atomic mass is 32.2. The second kappa shape index (κ2) is 6.51. The Hall–Kier alpha value is -1.83.